The molecular formula is C13H17Br2NO2. The summed E-state index contributed by atoms with van der Waals surface area (Å²) in [7, 11) is 3.47. The molecule has 1 saturated carbocycles. The van der Waals surface area contributed by atoms with Gasteiger partial charge in [0.25, 0.3) is 0 Å². The van der Waals surface area contributed by atoms with Crippen molar-refractivity contribution in [1.29, 1.82) is 0 Å². The lowest BCUT2D eigenvalue weighted by Gasteiger charge is -2.35. The van der Waals surface area contributed by atoms with Crippen LogP contribution in [0.3, 0.4) is 0 Å². The second-order valence-corrected chi connectivity index (χ2v) is 6.26. The van der Waals surface area contributed by atoms with Gasteiger partial charge in [-0.2, -0.15) is 0 Å². The molecule has 3 nitrogen and oxygen atoms in total. The second kappa shape index (κ2) is 6.37. The third kappa shape index (κ3) is 3.26. The molecule has 1 aromatic rings. The molecule has 18 heavy (non-hydrogen) atoms. The Morgan fingerprint density at radius 3 is 2.61 bits per heavy atom. The Morgan fingerprint density at radius 2 is 2.00 bits per heavy atom. The number of hydrogen-bond acceptors (Lipinski definition) is 3. The van der Waals surface area contributed by atoms with Crippen LogP contribution in [0.5, 0.6) is 5.75 Å². The van der Waals surface area contributed by atoms with Gasteiger partial charge in [-0.15, -0.1) is 0 Å². The van der Waals surface area contributed by atoms with Crippen LogP contribution in [0.2, 0.25) is 0 Å². The molecule has 0 atom stereocenters. The highest BCUT2D eigenvalue weighted by Gasteiger charge is 2.28. The van der Waals surface area contributed by atoms with E-state index in [4.69, 9.17) is 9.47 Å². The summed E-state index contributed by atoms with van der Waals surface area (Å²) < 4.78 is 12.7. The Kier molecular flexibility index (Phi) is 5.06. The Balaban J connectivity index is 1.96. The molecule has 2 rings (SSSR count). The van der Waals surface area contributed by atoms with Crippen LogP contribution in [0, 0.1) is 0 Å². The maximum absolute atomic E-state index is 5.42. The summed E-state index contributed by atoms with van der Waals surface area (Å²) in [6.45, 7) is 0.808. The number of ether oxygens (including phenoxy) is 2. The molecule has 1 aromatic carbocycles. The first-order valence-electron chi connectivity index (χ1n) is 5.92. The minimum atomic E-state index is 0.429. The molecule has 5 heteroatoms. The van der Waals surface area contributed by atoms with E-state index in [0.29, 0.717) is 12.1 Å². The van der Waals surface area contributed by atoms with Crippen molar-refractivity contribution < 1.29 is 9.47 Å². The van der Waals surface area contributed by atoms with Crippen LogP contribution < -0.4 is 10.1 Å². The van der Waals surface area contributed by atoms with Crippen molar-refractivity contribution in [2.75, 3.05) is 14.2 Å². The normalized spacial score (nSPS) is 22.7. The first-order chi connectivity index (χ1) is 8.63. The van der Waals surface area contributed by atoms with E-state index >= 15 is 0 Å². The topological polar surface area (TPSA) is 30.5 Å². The average molecular weight is 379 g/mol. The number of nitrogens with one attached hydrogen (secondary N) is 1. The number of benzene rings is 1. The first-order valence-corrected chi connectivity index (χ1v) is 7.50. The maximum Gasteiger partial charge on any atom is 0.137 e. The molecule has 0 amide bonds. The average Bonchev–Trinajstić information content (AvgIpc) is 2.26. The van der Waals surface area contributed by atoms with Gasteiger partial charge in [-0.25, -0.2) is 0 Å². The summed E-state index contributed by atoms with van der Waals surface area (Å²) in [6, 6.07) is 4.63. The van der Waals surface area contributed by atoms with Crippen molar-refractivity contribution in [2.24, 2.45) is 0 Å². The Morgan fingerprint density at radius 1 is 1.28 bits per heavy atom. The summed E-state index contributed by atoms with van der Waals surface area (Å²) in [5.74, 6) is 0.897. The molecule has 0 unspecified atom stereocenters. The molecule has 0 radical (unpaired) electrons. The molecule has 0 heterocycles. The lowest BCUT2D eigenvalue weighted by atomic mass is 9.89. The van der Waals surface area contributed by atoms with E-state index in [1.54, 1.807) is 14.2 Å². The van der Waals surface area contributed by atoms with Crippen molar-refractivity contribution in [3.8, 4) is 5.75 Å². The van der Waals surface area contributed by atoms with E-state index in [0.717, 1.165) is 39.6 Å². The van der Waals surface area contributed by atoms with Crippen molar-refractivity contribution in [3.63, 3.8) is 0 Å². The van der Waals surface area contributed by atoms with Gasteiger partial charge in [-0.3, -0.25) is 0 Å². The van der Waals surface area contributed by atoms with Crippen LogP contribution in [0.1, 0.15) is 18.4 Å². The van der Waals surface area contributed by atoms with Gasteiger partial charge in [0.1, 0.15) is 5.75 Å². The highest BCUT2D eigenvalue weighted by molar-refractivity contribution is 9.11. The van der Waals surface area contributed by atoms with Gasteiger partial charge >= 0.3 is 0 Å². The van der Waals surface area contributed by atoms with E-state index in [2.05, 4.69) is 43.2 Å². The van der Waals surface area contributed by atoms with Crippen LogP contribution in [-0.2, 0) is 11.3 Å². The SMILES string of the molecule is COc1c(Br)cc(Br)cc1CNC1CC(OC)C1. The zero-order chi connectivity index (χ0) is 13.1. The van der Waals surface area contributed by atoms with Gasteiger partial charge in [0.2, 0.25) is 0 Å². The lowest BCUT2D eigenvalue weighted by Crippen LogP contribution is -2.44. The summed E-state index contributed by atoms with van der Waals surface area (Å²) in [6.07, 6.45) is 2.61. The fourth-order valence-corrected chi connectivity index (χ4v) is 3.63. The molecule has 1 N–H and O–H groups in total. The van der Waals surface area contributed by atoms with E-state index in [1.807, 2.05) is 6.07 Å². The second-order valence-electron chi connectivity index (χ2n) is 4.49. The molecule has 0 saturated heterocycles. The fourth-order valence-electron chi connectivity index (χ4n) is 2.15. The monoisotopic (exact) mass is 377 g/mol. The van der Waals surface area contributed by atoms with Crippen LogP contribution in [0.4, 0.5) is 0 Å². The standard InChI is InChI=1S/C13H17Br2NO2/c1-17-11-5-10(6-11)16-7-8-3-9(14)4-12(15)13(8)18-2/h3-4,10-11,16H,5-7H2,1-2H3. The van der Waals surface area contributed by atoms with Crippen LogP contribution >= 0.6 is 31.9 Å². The van der Waals surface area contributed by atoms with Gasteiger partial charge in [-0.05, 0) is 40.9 Å². The number of halogens is 2. The Labute approximate surface area is 124 Å². The number of methoxy groups -OCH3 is 2. The fraction of sp³-hybridized carbons (Fsp3) is 0.538. The van der Waals surface area contributed by atoms with Crippen molar-refractivity contribution in [3.05, 3.63) is 26.6 Å². The van der Waals surface area contributed by atoms with E-state index < -0.39 is 0 Å². The largest absolute Gasteiger partial charge is 0.495 e. The van der Waals surface area contributed by atoms with Crippen LogP contribution in [0.15, 0.2) is 21.1 Å². The minimum Gasteiger partial charge on any atom is -0.495 e. The van der Waals surface area contributed by atoms with Gasteiger partial charge in [0.05, 0.1) is 17.7 Å². The summed E-state index contributed by atoms with van der Waals surface area (Å²) in [5.41, 5.74) is 1.15. The van der Waals surface area contributed by atoms with Crippen LogP contribution in [0.25, 0.3) is 0 Å². The maximum atomic E-state index is 5.42. The molecular weight excluding hydrogens is 362 g/mol. The molecule has 0 aliphatic heterocycles. The van der Waals surface area contributed by atoms with Gasteiger partial charge < -0.3 is 14.8 Å². The van der Waals surface area contributed by atoms with Gasteiger partial charge in [0.15, 0.2) is 0 Å². The van der Waals surface area contributed by atoms with Crippen LogP contribution in [-0.4, -0.2) is 26.4 Å². The van der Waals surface area contributed by atoms with Crippen molar-refractivity contribution >= 4 is 31.9 Å². The molecule has 1 fully saturated rings. The Bertz CT molecular complexity index is 420. The Hall–Kier alpha value is -0.100. The summed E-state index contributed by atoms with van der Waals surface area (Å²) >= 11 is 7.02. The first kappa shape index (κ1) is 14.3. The predicted molar refractivity (Wildman–Crippen MR) is 79.1 cm³/mol. The molecule has 100 valence electrons. The third-order valence-electron chi connectivity index (χ3n) is 3.30. The van der Waals surface area contributed by atoms with E-state index in [1.165, 1.54) is 0 Å². The zero-order valence-electron chi connectivity index (χ0n) is 10.5. The summed E-state index contributed by atoms with van der Waals surface area (Å²) in [5, 5.41) is 3.53. The zero-order valence-corrected chi connectivity index (χ0v) is 13.7. The van der Waals surface area contributed by atoms with E-state index in [-0.39, 0.29) is 0 Å². The lowest BCUT2D eigenvalue weighted by molar-refractivity contribution is 0.0169. The molecule has 0 bridgehead atoms. The third-order valence-corrected chi connectivity index (χ3v) is 4.35. The number of rotatable bonds is 5. The smallest absolute Gasteiger partial charge is 0.137 e. The number of hydrogen-bond donors (Lipinski definition) is 1. The van der Waals surface area contributed by atoms with Gasteiger partial charge in [0, 0.05) is 29.7 Å². The van der Waals surface area contributed by atoms with Crippen molar-refractivity contribution in [1.82, 2.24) is 5.32 Å². The molecule has 1 aliphatic carbocycles. The highest BCUT2D eigenvalue weighted by atomic mass is 79.9. The van der Waals surface area contributed by atoms with Crippen molar-refractivity contribution in [2.45, 2.75) is 31.5 Å². The minimum absolute atomic E-state index is 0.429. The molecule has 0 aromatic heterocycles. The predicted octanol–water partition coefficient (Wildman–Crippen LogP) is 3.49. The molecule has 0 spiro atoms. The summed E-state index contributed by atoms with van der Waals surface area (Å²) in [4.78, 5) is 0. The molecule has 1 aliphatic rings. The quantitative estimate of drug-likeness (QED) is 0.850. The van der Waals surface area contributed by atoms with Gasteiger partial charge in [-0.1, -0.05) is 15.9 Å². The highest BCUT2D eigenvalue weighted by Crippen LogP contribution is 2.33. The van der Waals surface area contributed by atoms with E-state index in [9.17, 15) is 0 Å².